The van der Waals surface area contributed by atoms with Gasteiger partial charge < -0.3 is 14.5 Å². The van der Waals surface area contributed by atoms with Crippen molar-refractivity contribution in [3.63, 3.8) is 0 Å². The lowest BCUT2D eigenvalue weighted by Crippen LogP contribution is -2.49. The predicted molar refractivity (Wildman–Crippen MR) is 81.3 cm³/mol. The molecule has 5 nitrogen and oxygen atoms in total. The van der Waals surface area contributed by atoms with Crippen molar-refractivity contribution in [3.05, 3.63) is 11.6 Å². The van der Waals surface area contributed by atoms with Gasteiger partial charge in [-0.3, -0.25) is 0 Å². The van der Waals surface area contributed by atoms with E-state index in [1.54, 1.807) is 16.2 Å². The number of aromatic nitrogens is 1. The Hall–Kier alpha value is -1.30. The number of thiazole rings is 1. The van der Waals surface area contributed by atoms with Gasteiger partial charge in [-0.25, -0.2) is 9.78 Å². The molecular weight excluding hydrogens is 274 g/mol. The highest BCUT2D eigenvalue weighted by Crippen LogP contribution is 2.24. The number of likely N-dealkylation sites (N-methyl/N-ethyl adjacent to an activating group) is 1. The minimum absolute atomic E-state index is 0.183. The summed E-state index contributed by atoms with van der Waals surface area (Å²) < 4.78 is 5.43. The minimum Gasteiger partial charge on any atom is -0.444 e. The summed E-state index contributed by atoms with van der Waals surface area (Å²) in [4.78, 5) is 20.4. The fourth-order valence-electron chi connectivity index (χ4n) is 2.30. The van der Waals surface area contributed by atoms with Crippen LogP contribution < -0.4 is 4.90 Å². The number of hydrogen-bond donors (Lipinski definition) is 0. The lowest BCUT2D eigenvalue weighted by molar-refractivity contribution is 0.0210. The van der Waals surface area contributed by atoms with Gasteiger partial charge in [0.25, 0.3) is 0 Å². The van der Waals surface area contributed by atoms with Crippen LogP contribution in [-0.4, -0.2) is 47.8 Å². The maximum absolute atomic E-state index is 12.1. The Morgan fingerprint density at radius 1 is 1.55 bits per heavy atom. The summed E-state index contributed by atoms with van der Waals surface area (Å²) in [7, 11) is 1.82. The molecule has 0 bridgehead atoms. The highest BCUT2D eigenvalue weighted by Gasteiger charge is 2.29. The molecule has 1 aromatic rings. The van der Waals surface area contributed by atoms with E-state index in [0.29, 0.717) is 0 Å². The molecule has 1 amide bonds. The quantitative estimate of drug-likeness (QED) is 0.842. The highest BCUT2D eigenvalue weighted by atomic mass is 32.1. The molecule has 0 aromatic carbocycles. The number of ether oxygens (including phenoxy) is 1. The number of piperidine rings is 1. The monoisotopic (exact) mass is 297 g/mol. The zero-order valence-corrected chi connectivity index (χ0v) is 13.4. The SMILES string of the molecule is CN(C(=O)OC(C)(C)C)[C@@H]1CCCN(c2nccs2)C1. The molecule has 20 heavy (non-hydrogen) atoms. The number of hydrogen-bond acceptors (Lipinski definition) is 5. The molecule has 0 spiro atoms. The van der Waals surface area contributed by atoms with Crippen molar-refractivity contribution in [2.75, 3.05) is 25.0 Å². The predicted octanol–water partition coefficient (Wildman–Crippen LogP) is 2.98. The Balaban J connectivity index is 1.96. The summed E-state index contributed by atoms with van der Waals surface area (Å²) in [5, 5.41) is 3.02. The number of carbonyl (C=O) groups is 1. The van der Waals surface area contributed by atoms with Crippen LogP contribution in [0.2, 0.25) is 0 Å². The number of rotatable bonds is 2. The summed E-state index contributed by atoms with van der Waals surface area (Å²) >= 11 is 1.64. The van der Waals surface area contributed by atoms with Crippen molar-refractivity contribution in [2.24, 2.45) is 0 Å². The zero-order valence-electron chi connectivity index (χ0n) is 12.6. The Kier molecular flexibility index (Phi) is 4.52. The summed E-state index contributed by atoms with van der Waals surface area (Å²) in [6, 6.07) is 0.183. The van der Waals surface area contributed by atoms with Gasteiger partial charge in [-0.15, -0.1) is 11.3 Å². The Bertz CT molecular complexity index is 442. The smallest absolute Gasteiger partial charge is 0.410 e. The largest absolute Gasteiger partial charge is 0.444 e. The van der Waals surface area contributed by atoms with Crippen LogP contribution in [0.4, 0.5) is 9.93 Å². The summed E-state index contributed by atoms with van der Waals surface area (Å²) in [5.41, 5.74) is -0.449. The lowest BCUT2D eigenvalue weighted by atomic mass is 10.1. The third-order valence-electron chi connectivity index (χ3n) is 3.32. The molecule has 6 heteroatoms. The summed E-state index contributed by atoms with van der Waals surface area (Å²) in [5.74, 6) is 0. The van der Waals surface area contributed by atoms with E-state index in [0.717, 1.165) is 31.1 Å². The first-order valence-electron chi connectivity index (χ1n) is 6.97. The highest BCUT2D eigenvalue weighted by molar-refractivity contribution is 7.13. The zero-order chi connectivity index (χ0) is 14.8. The maximum atomic E-state index is 12.1. The van der Waals surface area contributed by atoms with Gasteiger partial charge in [0, 0.05) is 31.7 Å². The second kappa shape index (κ2) is 5.99. The van der Waals surface area contributed by atoms with Crippen molar-refractivity contribution < 1.29 is 9.53 Å². The molecule has 1 saturated heterocycles. The third-order valence-corrected chi connectivity index (χ3v) is 4.15. The van der Waals surface area contributed by atoms with Gasteiger partial charge in [0.15, 0.2) is 5.13 Å². The van der Waals surface area contributed by atoms with Gasteiger partial charge in [-0.05, 0) is 33.6 Å². The molecule has 1 aliphatic rings. The van der Waals surface area contributed by atoms with Crippen LogP contribution >= 0.6 is 11.3 Å². The Labute approximate surface area is 124 Å². The normalized spacial score (nSPS) is 19.8. The molecule has 1 aromatic heterocycles. The van der Waals surface area contributed by atoms with Crippen molar-refractivity contribution >= 4 is 22.6 Å². The first kappa shape index (κ1) is 15.1. The van der Waals surface area contributed by atoms with E-state index in [4.69, 9.17) is 4.74 Å². The molecule has 0 aliphatic carbocycles. The van der Waals surface area contributed by atoms with Crippen molar-refractivity contribution in [3.8, 4) is 0 Å². The van der Waals surface area contributed by atoms with E-state index in [2.05, 4.69) is 9.88 Å². The molecule has 1 atom stereocenters. The van der Waals surface area contributed by atoms with E-state index >= 15 is 0 Å². The average molecular weight is 297 g/mol. The molecule has 1 aliphatic heterocycles. The van der Waals surface area contributed by atoms with Crippen LogP contribution in [0.1, 0.15) is 33.6 Å². The number of nitrogens with zero attached hydrogens (tertiary/aromatic N) is 3. The molecule has 2 rings (SSSR count). The van der Waals surface area contributed by atoms with E-state index < -0.39 is 5.60 Å². The van der Waals surface area contributed by atoms with Gasteiger partial charge in [-0.2, -0.15) is 0 Å². The minimum atomic E-state index is -0.449. The fourth-order valence-corrected chi connectivity index (χ4v) is 2.98. The Morgan fingerprint density at radius 3 is 2.90 bits per heavy atom. The standard InChI is InChI=1S/C14H23N3O2S/c1-14(2,3)19-13(18)16(4)11-6-5-8-17(10-11)12-15-7-9-20-12/h7,9,11H,5-6,8,10H2,1-4H3/t11-/m1/s1. The average Bonchev–Trinajstić information content (AvgIpc) is 2.90. The van der Waals surface area contributed by atoms with Crippen molar-refractivity contribution in [1.82, 2.24) is 9.88 Å². The second-order valence-electron chi connectivity index (χ2n) is 6.15. The van der Waals surface area contributed by atoms with Crippen LogP contribution in [0.5, 0.6) is 0 Å². The van der Waals surface area contributed by atoms with Crippen LogP contribution in [0.15, 0.2) is 11.6 Å². The second-order valence-corrected chi connectivity index (χ2v) is 7.02. The van der Waals surface area contributed by atoms with Crippen LogP contribution in [0.3, 0.4) is 0 Å². The number of anilines is 1. The van der Waals surface area contributed by atoms with E-state index in [-0.39, 0.29) is 12.1 Å². The lowest BCUT2D eigenvalue weighted by Gasteiger charge is -2.37. The van der Waals surface area contributed by atoms with Gasteiger partial charge >= 0.3 is 6.09 Å². The Morgan fingerprint density at radius 2 is 2.30 bits per heavy atom. The topological polar surface area (TPSA) is 45.7 Å². The van der Waals surface area contributed by atoms with Crippen molar-refractivity contribution in [1.29, 1.82) is 0 Å². The van der Waals surface area contributed by atoms with Crippen LogP contribution in [0.25, 0.3) is 0 Å². The molecule has 1 fully saturated rings. The van der Waals surface area contributed by atoms with Crippen LogP contribution in [-0.2, 0) is 4.74 Å². The van der Waals surface area contributed by atoms with Crippen molar-refractivity contribution in [2.45, 2.75) is 45.3 Å². The molecule has 0 unspecified atom stereocenters. The molecule has 112 valence electrons. The van der Waals surface area contributed by atoms with E-state index in [1.165, 1.54) is 0 Å². The number of carbonyl (C=O) groups excluding carboxylic acids is 1. The fraction of sp³-hybridized carbons (Fsp3) is 0.714. The molecule has 0 radical (unpaired) electrons. The molecule has 0 saturated carbocycles. The van der Waals surface area contributed by atoms with Gasteiger partial charge in [0.05, 0.1) is 6.04 Å². The van der Waals surface area contributed by atoms with Crippen LogP contribution in [0, 0.1) is 0 Å². The van der Waals surface area contributed by atoms with Gasteiger partial charge in [-0.1, -0.05) is 0 Å². The summed E-state index contributed by atoms with van der Waals surface area (Å²) in [6.07, 6.45) is 3.65. The van der Waals surface area contributed by atoms with Gasteiger partial charge in [0.2, 0.25) is 0 Å². The maximum Gasteiger partial charge on any atom is 0.410 e. The van der Waals surface area contributed by atoms with E-state index in [9.17, 15) is 4.79 Å². The number of amides is 1. The molecule has 2 heterocycles. The van der Waals surface area contributed by atoms with Gasteiger partial charge in [0.1, 0.15) is 5.60 Å². The first-order chi connectivity index (χ1) is 9.37. The third kappa shape index (κ3) is 3.85. The molecular formula is C14H23N3O2S. The summed E-state index contributed by atoms with van der Waals surface area (Å²) in [6.45, 7) is 7.50. The molecule has 0 N–H and O–H groups in total. The van der Waals surface area contributed by atoms with E-state index in [1.807, 2.05) is 39.4 Å². The first-order valence-corrected chi connectivity index (χ1v) is 7.85.